The summed E-state index contributed by atoms with van der Waals surface area (Å²) in [5, 5.41) is 0. The lowest BCUT2D eigenvalue weighted by atomic mass is 9.55. The standard InChI is InChI=1S/C21H30/c1-15-7-11-20-18(13-15)8-9-19-14-17(10-12-21(19)20)16-5-3-2-4-6-16/h2-6,15,17-21H,7-14H2,1H3/t15-,17?,18?,19?,20?,21?/m0/s1. The number of fused-ring (bicyclic) bond motifs is 3. The van der Waals surface area contributed by atoms with Gasteiger partial charge in [0, 0.05) is 0 Å². The molecule has 5 unspecified atom stereocenters. The molecule has 0 radical (unpaired) electrons. The zero-order valence-corrected chi connectivity index (χ0v) is 13.5. The summed E-state index contributed by atoms with van der Waals surface area (Å²) in [5.41, 5.74) is 1.61. The Balaban J connectivity index is 1.46. The van der Waals surface area contributed by atoms with Crippen molar-refractivity contribution in [1.29, 1.82) is 0 Å². The summed E-state index contributed by atoms with van der Waals surface area (Å²) in [6, 6.07) is 11.3. The van der Waals surface area contributed by atoms with E-state index in [0.29, 0.717) is 0 Å². The molecule has 21 heavy (non-hydrogen) atoms. The molecule has 1 aromatic rings. The Morgan fingerprint density at radius 3 is 2.14 bits per heavy atom. The largest absolute Gasteiger partial charge is 0.0625 e. The van der Waals surface area contributed by atoms with E-state index < -0.39 is 0 Å². The number of hydrogen-bond donors (Lipinski definition) is 0. The van der Waals surface area contributed by atoms with Crippen LogP contribution in [0.5, 0.6) is 0 Å². The molecule has 3 saturated carbocycles. The van der Waals surface area contributed by atoms with Crippen molar-refractivity contribution in [1.82, 2.24) is 0 Å². The second-order valence-corrected chi connectivity index (χ2v) is 8.26. The van der Waals surface area contributed by atoms with E-state index in [1.54, 1.807) is 12.0 Å². The van der Waals surface area contributed by atoms with Crippen LogP contribution < -0.4 is 0 Å². The molecule has 3 aliphatic rings. The van der Waals surface area contributed by atoms with Gasteiger partial charge in [-0.15, -0.1) is 0 Å². The van der Waals surface area contributed by atoms with Gasteiger partial charge in [-0.25, -0.2) is 0 Å². The van der Waals surface area contributed by atoms with Gasteiger partial charge in [-0.2, -0.15) is 0 Å². The van der Waals surface area contributed by atoms with Crippen molar-refractivity contribution in [2.45, 2.75) is 64.2 Å². The Bertz CT molecular complexity index is 462. The third kappa shape index (κ3) is 2.67. The summed E-state index contributed by atoms with van der Waals surface area (Å²) in [7, 11) is 0. The van der Waals surface area contributed by atoms with Gasteiger partial charge >= 0.3 is 0 Å². The highest BCUT2D eigenvalue weighted by Gasteiger charge is 2.43. The van der Waals surface area contributed by atoms with E-state index in [0.717, 1.165) is 35.5 Å². The fourth-order valence-corrected chi connectivity index (χ4v) is 6.06. The highest BCUT2D eigenvalue weighted by molar-refractivity contribution is 5.20. The molecule has 0 heteroatoms. The van der Waals surface area contributed by atoms with Crippen LogP contribution in [-0.2, 0) is 0 Å². The number of rotatable bonds is 1. The van der Waals surface area contributed by atoms with Gasteiger partial charge in [-0.3, -0.25) is 0 Å². The molecule has 0 bridgehead atoms. The molecule has 0 spiro atoms. The molecule has 0 amide bonds. The fraction of sp³-hybridized carbons (Fsp3) is 0.714. The normalized spacial score (nSPS) is 42.9. The van der Waals surface area contributed by atoms with Crippen LogP contribution >= 0.6 is 0 Å². The molecule has 0 heterocycles. The summed E-state index contributed by atoms with van der Waals surface area (Å²) in [4.78, 5) is 0. The average molecular weight is 282 g/mol. The lowest BCUT2D eigenvalue weighted by Gasteiger charge is -2.50. The molecule has 0 aliphatic heterocycles. The summed E-state index contributed by atoms with van der Waals surface area (Å²) in [6.07, 6.45) is 12.1. The SMILES string of the molecule is C[C@H]1CCC2C(CCC3CC(c4ccccc4)CCC32)C1. The predicted octanol–water partition coefficient (Wildman–Crippen LogP) is 6.03. The van der Waals surface area contributed by atoms with Crippen LogP contribution in [0.4, 0.5) is 0 Å². The number of hydrogen-bond acceptors (Lipinski definition) is 0. The Hall–Kier alpha value is -0.780. The van der Waals surface area contributed by atoms with Crippen molar-refractivity contribution >= 4 is 0 Å². The van der Waals surface area contributed by atoms with Crippen molar-refractivity contribution in [3.63, 3.8) is 0 Å². The lowest BCUT2D eigenvalue weighted by molar-refractivity contribution is 0.00923. The molecule has 0 saturated heterocycles. The van der Waals surface area contributed by atoms with Gasteiger partial charge < -0.3 is 0 Å². The van der Waals surface area contributed by atoms with Crippen LogP contribution in [0.3, 0.4) is 0 Å². The Morgan fingerprint density at radius 1 is 0.714 bits per heavy atom. The van der Waals surface area contributed by atoms with Crippen molar-refractivity contribution in [2.75, 3.05) is 0 Å². The van der Waals surface area contributed by atoms with Gasteiger partial charge in [0.1, 0.15) is 0 Å². The minimum absolute atomic E-state index is 0.853. The topological polar surface area (TPSA) is 0 Å². The van der Waals surface area contributed by atoms with E-state index in [2.05, 4.69) is 37.3 Å². The number of benzene rings is 1. The first-order valence-electron chi connectivity index (χ1n) is 9.36. The minimum atomic E-state index is 0.853. The van der Waals surface area contributed by atoms with Crippen LogP contribution in [0.15, 0.2) is 30.3 Å². The molecule has 3 fully saturated rings. The zero-order chi connectivity index (χ0) is 14.2. The predicted molar refractivity (Wildman–Crippen MR) is 89.2 cm³/mol. The van der Waals surface area contributed by atoms with Gasteiger partial charge in [-0.1, -0.05) is 43.7 Å². The Morgan fingerprint density at radius 2 is 1.38 bits per heavy atom. The zero-order valence-electron chi connectivity index (χ0n) is 13.5. The minimum Gasteiger partial charge on any atom is -0.0625 e. The maximum atomic E-state index is 2.48. The van der Waals surface area contributed by atoms with E-state index in [9.17, 15) is 0 Å². The van der Waals surface area contributed by atoms with Gasteiger partial charge in [0.15, 0.2) is 0 Å². The molecule has 3 aliphatic carbocycles. The fourth-order valence-electron chi connectivity index (χ4n) is 6.06. The van der Waals surface area contributed by atoms with Gasteiger partial charge in [0.2, 0.25) is 0 Å². The Labute approximate surface area is 130 Å². The summed E-state index contributed by atoms with van der Waals surface area (Å²) in [6.45, 7) is 2.48. The molecule has 0 N–H and O–H groups in total. The third-order valence-electron chi connectivity index (χ3n) is 7.07. The summed E-state index contributed by atoms with van der Waals surface area (Å²) >= 11 is 0. The molecule has 0 nitrogen and oxygen atoms in total. The smallest absolute Gasteiger partial charge is 0.0159 e. The molecule has 4 rings (SSSR count). The van der Waals surface area contributed by atoms with E-state index in [4.69, 9.17) is 0 Å². The van der Waals surface area contributed by atoms with Crippen LogP contribution in [0, 0.1) is 29.6 Å². The Kier molecular flexibility index (Phi) is 3.81. The summed E-state index contributed by atoms with van der Waals surface area (Å²) in [5.74, 6) is 6.16. The third-order valence-corrected chi connectivity index (χ3v) is 7.07. The van der Waals surface area contributed by atoms with Gasteiger partial charge in [0.25, 0.3) is 0 Å². The molecule has 1 aromatic carbocycles. The first-order chi connectivity index (χ1) is 10.3. The highest BCUT2D eigenvalue weighted by atomic mass is 14.5. The molecular formula is C21H30. The monoisotopic (exact) mass is 282 g/mol. The quantitative estimate of drug-likeness (QED) is 0.589. The van der Waals surface area contributed by atoms with E-state index in [1.165, 1.54) is 44.9 Å². The highest BCUT2D eigenvalue weighted by Crippen LogP contribution is 2.54. The molecule has 0 aromatic heterocycles. The summed E-state index contributed by atoms with van der Waals surface area (Å²) < 4.78 is 0. The molecule has 114 valence electrons. The van der Waals surface area contributed by atoms with E-state index in [-0.39, 0.29) is 0 Å². The van der Waals surface area contributed by atoms with Crippen molar-refractivity contribution < 1.29 is 0 Å². The molecule has 6 atom stereocenters. The van der Waals surface area contributed by atoms with Gasteiger partial charge in [0.05, 0.1) is 0 Å². The lowest BCUT2D eigenvalue weighted by Crippen LogP contribution is -2.40. The average Bonchev–Trinajstić information content (AvgIpc) is 2.54. The van der Waals surface area contributed by atoms with Crippen LogP contribution in [0.1, 0.15) is 69.8 Å². The van der Waals surface area contributed by atoms with Gasteiger partial charge in [-0.05, 0) is 86.0 Å². The van der Waals surface area contributed by atoms with Crippen LogP contribution in [-0.4, -0.2) is 0 Å². The van der Waals surface area contributed by atoms with Crippen LogP contribution in [0.25, 0.3) is 0 Å². The van der Waals surface area contributed by atoms with Crippen molar-refractivity contribution in [3.05, 3.63) is 35.9 Å². The first-order valence-corrected chi connectivity index (χ1v) is 9.36. The van der Waals surface area contributed by atoms with E-state index >= 15 is 0 Å². The first kappa shape index (κ1) is 13.9. The molecular weight excluding hydrogens is 252 g/mol. The van der Waals surface area contributed by atoms with Crippen LogP contribution in [0.2, 0.25) is 0 Å². The maximum Gasteiger partial charge on any atom is -0.0159 e. The van der Waals surface area contributed by atoms with Crippen molar-refractivity contribution in [2.24, 2.45) is 29.6 Å². The second-order valence-electron chi connectivity index (χ2n) is 8.26. The van der Waals surface area contributed by atoms with E-state index in [1.807, 2.05) is 0 Å². The maximum absolute atomic E-state index is 2.48. The van der Waals surface area contributed by atoms with Crippen molar-refractivity contribution in [3.8, 4) is 0 Å². The second kappa shape index (κ2) is 5.78.